The Labute approximate surface area is 364 Å². The van der Waals surface area contributed by atoms with Crippen LogP contribution < -0.4 is 9.47 Å². The number of phenols is 1. The fourth-order valence-corrected chi connectivity index (χ4v) is 9.07. The zero-order valence-electron chi connectivity index (χ0n) is 34.8. The van der Waals surface area contributed by atoms with Gasteiger partial charge in [0.25, 0.3) is 0 Å². The van der Waals surface area contributed by atoms with Crippen molar-refractivity contribution in [3.8, 4) is 17.2 Å². The number of benzene rings is 1. The van der Waals surface area contributed by atoms with Gasteiger partial charge in [0.05, 0.1) is 11.2 Å². The monoisotopic (exact) mass is 885 g/mol. The molecule has 4 unspecified atom stereocenters. The second-order valence-electron chi connectivity index (χ2n) is 16.4. The number of fused-ring (bicyclic) bond motifs is 2. The van der Waals surface area contributed by atoms with Crippen molar-refractivity contribution in [1.29, 1.82) is 0 Å². The predicted octanol–water partition coefficient (Wildman–Crippen LogP) is 9.94. The summed E-state index contributed by atoms with van der Waals surface area (Å²) in [6.45, 7) is 17.5. The molecule has 1 fully saturated rings. The highest BCUT2D eigenvalue weighted by molar-refractivity contribution is 6.19. The van der Waals surface area contributed by atoms with E-state index in [0.717, 1.165) is 31.6 Å². The van der Waals surface area contributed by atoms with Crippen LogP contribution in [-0.2, 0) is 20.7 Å². The SMILES string of the molecule is CC(C)=CCCC1(C)C=Cc2c(O)c3c(c(CC=C(C)C)c2O1)OC12C(=CCCC1C(C)(C)OC2(CC=C(C)C(=O)O)C(=O)O)C3=O.Cl.ClCCN(CCCl)CCCl. The van der Waals surface area contributed by atoms with Gasteiger partial charge >= 0.3 is 11.9 Å². The molecule has 1 spiro atoms. The van der Waals surface area contributed by atoms with E-state index >= 15 is 0 Å². The Morgan fingerprint density at radius 2 is 1.52 bits per heavy atom. The standard InChI is InChI=1S/C38H46O9.C6H12Cl3N.ClH/c1-21(2)11-10-18-36(8)19-17-24-29(39)28-30(40)26-12-9-13-27-35(6,7)47-37(34(43)44,20-16-23(5)33(41)42)38(26,27)46-32(28)25(31(24)45-36)15-14-22(3)4;7-1-4-10(5-2-8)6-3-9;/h11-12,14,16-17,19,27,39H,9-10,13,15,18,20H2,1-8H3,(H,41,42)(H,43,44);1-6H2;1H. The first kappa shape index (κ1) is 49.4. The summed E-state index contributed by atoms with van der Waals surface area (Å²) >= 11 is 16.6. The number of halogens is 4. The highest BCUT2D eigenvalue weighted by Crippen LogP contribution is 2.64. The maximum absolute atomic E-state index is 14.7. The van der Waals surface area contributed by atoms with Crippen LogP contribution in [0.5, 0.6) is 17.2 Å². The van der Waals surface area contributed by atoms with E-state index in [1.54, 1.807) is 26.0 Å². The maximum atomic E-state index is 14.7. The van der Waals surface area contributed by atoms with Crippen molar-refractivity contribution in [2.75, 3.05) is 37.3 Å². The first-order chi connectivity index (χ1) is 26.8. The third-order valence-corrected chi connectivity index (χ3v) is 11.8. The number of aromatic hydroxyl groups is 1. The lowest BCUT2D eigenvalue weighted by Gasteiger charge is -2.50. The number of ketones is 1. The van der Waals surface area contributed by atoms with Gasteiger partial charge in [-0.05, 0) is 99.6 Å². The molecule has 4 aliphatic rings. The second kappa shape index (κ2) is 20.0. The molecule has 1 aliphatic carbocycles. The number of alkyl halides is 3. The van der Waals surface area contributed by atoms with Gasteiger partial charge in [0.2, 0.25) is 5.60 Å². The smallest absolute Gasteiger partial charge is 0.340 e. The van der Waals surface area contributed by atoms with E-state index in [9.17, 15) is 29.7 Å². The van der Waals surface area contributed by atoms with Gasteiger partial charge in [0.15, 0.2) is 11.4 Å². The van der Waals surface area contributed by atoms with Crippen molar-refractivity contribution in [2.45, 2.75) is 116 Å². The number of phenolic OH excluding ortho intramolecular Hbond substituents is 1. The minimum absolute atomic E-state index is 0. The Balaban J connectivity index is 0.000000724. The number of hydrogen-bond donors (Lipinski definition) is 3. The first-order valence-electron chi connectivity index (χ1n) is 19.5. The van der Waals surface area contributed by atoms with Crippen LogP contribution in [0.2, 0.25) is 0 Å². The lowest BCUT2D eigenvalue weighted by molar-refractivity contribution is -0.184. The molecule has 3 heterocycles. The van der Waals surface area contributed by atoms with E-state index in [1.807, 2.05) is 46.8 Å². The minimum Gasteiger partial charge on any atom is -0.506 e. The summed E-state index contributed by atoms with van der Waals surface area (Å²) in [4.78, 5) is 42.2. The molecule has 0 bridgehead atoms. The number of Topliss-reactive ketones (excluding diaryl/α,β-unsaturated/α-hetero) is 1. The van der Waals surface area contributed by atoms with Crippen LogP contribution in [0, 0.1) is 5.92 Å². The van der Waals surface area contributed by atoms with E-state index in [2.05, 4.69) is 11.0 Å². The number of rotatable bonds is 15. The summed E-state index contributed by atoms with van der Waals surface area (Å²) in [6.07, 6.45) is 13.1. The van der Waals surface area contributed by atoms with Gasteiger partial charge in [-0.2, -0.15) is 0 Å². The summed E-state index contributed by atoms with van der Waals surface area (Å²) in [6, 6.07) is 0. The molecular formula is C44H59Cl4NO9. The Hall–Kier alpha value is -2.99. The molecule has 10 nitrogen and oxygen atoms in total. The maximum Gasteiger partial charge on any atom is 0.340 e. The number of carboxylic acids is 2. The second-order valence-corrected chi connectivity index (χ2v) is 17.5. The fraction of sp³-hybridized carbons (Fsp3) is 0.568. The number of carbonyl (C=O) groups excluding carboxylic acids is 1. The van der Waals surface area contributed by atoms with Crippen molar-refractivity contribution >= 4 is 71.0 Å². The summed E-state index contributed by atoms with van der Waals surface area (Å²) in [5.74, 6) is -1.59. The van der Waals surface area contributed by atoms with Crippen molar-refractivity contribution < 1.29 is 43.9 Å². The summed E-state index contributed by atoms with van der Waals surface area (Å²) in [7, 11) is 0. The van der Waals surface area contributed by atoms with E-state index in [1.165, 1.54) is 18.6 Å². The molecule has 0 radical (unpaired) electrons. The highest BCUT2D eigenvalue weighted by atomic mass is 35.5. The lowest BCUT2D eigenvalue weighted by Crippen LogP contribution is -2.66. The number of allylic oxidation sites excluding steroid dienone is 5. The van der Waals surface area contributed by atoms with Gasteiger partial charge in [-0.3, -0.25) is 9.69 Å². The molecule has 0 amide bonds. The first-order valence-corrected chi connectivity index (χ1v) is 21.1. The van der Waals surface area contributed by atoms with Gasteiger partial charge in [0, 0.05) is 66.3 Å². The average Bonchev–Trinajstić information content (AvgIpc) is 3.33. The fourth-order valence-electron chi connectivity index (χ4n) is 8.36. The Kier molecular flexibility index (Phi) is 17.1. The minimum atomic E-state index is -2.16. The van der Waals surface area contributed by atoms with Gasteiger partial charge in [-0.15, -0.1) is 47.2 Å². The Bertz CT molecular complexity index is 1860. The van der Waals surface area contributed by atoms with Crippen molar-refractivity contribution in [3.63, 3.8) is 0 Å². The van der Waals surface area contributed by atoms with Crippen LogP contribution in [0.1, 0.15) is 109 Å². The zero-order chi connectivity index (χ0) is 42.5. The van der Waals surface area contributed by atoms with Gasteiger partial charge in [0.1, 0.15) is 28.4 Å². The van der Waals surface area contributed by atoms with Gasteiger partial charge < -0.3 is 29.5 Å². The Morgan fingerprint density at radius 1 is 0.914 bits per heavy atom. The number of aliphatic carboxylic acids is 2. The Morgan fingerprint density at radius 3 is 2.05 bits per heavy atom. The molecule has 0 aromatic heterocycles. The molecule has 3 N–H and O–H groups in total. The predicted molar refractivity (Wildman–Crippen MR) is 234 cm³/mol. The number of nitrogens with zero attached hydrogens (tertiary/aromatic N) is 1. The number of ether oxygens (including phenoxy) is 3. The van der Waals surface area contributed by atoms with Crippen LogP contribution in [0.25, 0.3) is 6.08 Å². The largest absolute Gasteiger partial charge is 0.506 e. The molecule has 1 aromatic carbocycles. The van der Waals surface area contributed by atoms with Gasteiger partial charge in [-0.1, -0.05) is 35.5 Å². The molecule has 322 valence electrons. The molecule has 5 rings (SSSR count). The van der Waals surface area contributed by atoms with E-state index in [-0.39, 0.29) is 47.0 Å². The highest BCUT2D eigenvalue weighted by Gasteiger charge is 2.77. The quantitative estimate of drug-likeness (QED) is 0.0885. The summed E-state index contributed by atoms with van der Waals surface area (Å²) < 4.78 is 20.2. The number of hydrogen-bond acceptors (Lipinski definition) is 8. The van der Waals surface area contributed by atoms with Crippen molar-refractivity contribution in [2.24, 2.45) is 5.92 Å². The third kappa shape index (κ3) is 9.79. The van der Waals surface area contributed by atoms with Crippen LogP contribution in [0.4, 0.5) is 0 Å². The van der Waals surface area contributed by atoms with E-state index < -0.39 is 46.0 Å². The molecule has 3 aliphatic heterocycles. The molecule has 1 saturated heterocycles. The molecule has 58 heavy (non-hydrogen) atoms. The van der Waals surface area contributed by atoms with E-state index in [0.29, 0.717) is 60.2 Å². The van der Waals surface area contributed by atoms with Crippen molar-refractivity contribution in [3.05, 3.63) is 69.4 Å². The van der Waals surface area contributed by atoms with Crippen molar-refractivity contribution in [1.82, 2.24) is 4.90 Å². The molecular weight excluding hydrogens is 828 g/mol. The topological polar surface area (TPSA) is 143 Å². The number of carboxylic acid groups (broad SMARTS) is 2. The van der Waals surface area contributed by atoms with E-state index in [4.69, 9.17) is 49.0 Å². The normalized spacial score (nSPS) is 24.9. The van der Waals surface area contributed by atoms with Crippen LogP contribution in [-0.4, -0.2) is 97.6 Å². The zero-order valence-corrected chi connectivity index (χ0v) is 37.9. The summed E-state index contributed by atoms with van der Waals surface area (Å²) in [5, 5.41) is 32.4. The third-order valence-electron chi connectivity index (χ3n) is 11.2. The molecule has 0 saturated carbocycles. The molecule has 1 aromatic rings. The average molecular weight is 888 g/mol. The molecule has 4 atom stereocenters. The molecule has 14 heteroatoms. The van der Waals surface area contributed by atoms with Gasteiger partial charge in [-0.25, -0.2) is 9.59 Å². The lowest BCUT2D eigenvalue weighted by atomic mass is 9.60. The summed E-state index contributed by atoms with van der Waals surface area (Å²) in [5.41, 5.74) is -2.67. The van der Waals surface area contributed by atoms with Crippen LogP contribution in [0.3, 0.4) is 0 Å². The van der Waals surface area contributed by atoms with Crippen LogP contribution in [0.15, 0.2) is 52.7 Å². The van der Waals surface area contributed by atoms with Crippen LogP contribution >= 0.6 is 47.2 Å². The number of carbonyl (C=O) groups is 3.